The molecule has 0 saturated carbocycles. The van der Waals surface area contributed by atoms with Crippen molar-refractivity contribution in [1.82, 2.24) is 0 Å². The average molecular weight is 152 g/mol. The fourth-order valence-electron chi connectivity index (χ4n) is 1.75. The van der Waals surface area contributed by atoms with Crippen molar-refractivity contribution < 1.29 is 0 Å². The molecule has 0 aromatic heterocycles. The summed E-state index contributed by atoms with van der Waals surface area (Å²) < 4.78 is 0. The highest BCUT2D eigenvalue weighted by Crippen LogP contribution is 2.29. The summed E-state index contributed by atoms with van der Waals surface area (Å²) in [4.78, 5) is 0. The van der Waals surface area contributed by atoms with Crippen LogP contribution < -0.4 is 0 Å². The molecule has 0 saturated heterocycles. The number of rotatable bonds is 1. The minimum atomic E-state index is 0.489. The van der Waals surface area contributed by atoms with Crippen LogP contribution in [0.5, 0.6) is 0 Å². The van der Waals surface area contributed by atoms with Crippen LogP contribution in [0.25, 0.3) is 0 Å². The minimum Gasteiger partial charge on any atom is -0.0853 e. The van der Waals surface area contributed by atoms with Gasteiger partial charge >= 0.3 is 0 Å². The van der Waals surface area contributed by atoms with Crippen molar-refractivity contribution in [3.05, 3.63) is 11.6 Å². The molecule has 0 N–H and O–H groups in total. The molecule has 0 fully saturated rings. The first-order chi connectivity index (χ1) is 5.08. The molecular weight excluding hydrogens is 132 g/mol. The maximum absolute atomic E-state index is 2.45. The van der Waals surface area contributed by atoms with Gasteiger partial charge in [-0.15, -0.1) is 0 Å². The molecule has 0 bridgehead atoms. The molecule has 0 spiro atoms. The summed E-state index contributed by atoms with van der Waals surface area (Å²) in [6.07, 6.45) is 9.26. The van der Waals surface area contributed by atoms with Gasteiger partial charge in [-0.3, -0.25) is 0 Å². The van der Waals surface area contributed by atoms with Crippen LogP contribution in [0.15, 0.2) is 11.6 Å². The second kappa shape index (κ2) is 3.42. The highest BCUT2D eigenvalue weighted by Gasteiger charge is 2.13. The Morgan fingerprint density at radius 2 is 2.00 bits per heavy atom. The van der Waals surface area contributed by atoms with Crippen molar-refractivity contribution in [2.45, 2.75) is 52.9 Å². The largest absolute Gasteiger partial charge is 0.0853 e. The van der Waals surface area contributed by atoms with Crippen LogP contribution in [-0.2, 0) is 0 Å². The second-order valence-electron chi connectivity index (χ2n) is 4.85. The number of allylic oxidation sites excluding steroid dienone is 2. The summed E-state index contributed by atoms with van der Waals surface area (Å²) in [5.74, 6) is 0. The summed E-state index contributed by atoms with van der Waals surface area (Å²) >= 11 is 0. The average Bonchev–Trinajstić information content (AvgIpc) is 1.85. The summed E-state index contributed by atoms with van der Waals surface area (Å²) in [5, 5.41) is 0. The zero-order chi connectivity index (χ0) is 8.32. The van der Waals surface area contributed by atoms with Crippen LogP contribution in [0, 0.1) is 5.41 Å². The highest BCUT2D eigenvalue weighted by molar-refractivity contribution is 5.06. The van der Waals surface area contributed by atoms with E-state index in [1.165, 1.54) is 32.1 Å². The van der Waals surface area contributed by atoms with Gasteiger partial charge in [0.05, 0.1) is 0 Å². The zero-order valence-corrected chi connectivity index (χ0v) is 8.11. The molecule has 0 heteroatoms. The maximum atomic E-state index is 2.45. The van der Waals surface area contributed by atoms with Crippen molar-refractivity contribution in [3.8, 4) is 0 Å². The van der Waals surface area contributed by atoms with Gasteiger partial charge in [0.15, 0.2) is 0 Å². The van der Waals surface area contributed by atoms with Crippen LogP contribution in [0.2, 0.25) is 0 Å². The van der Waals surface area contributed by atoms with E-state index in [0.717, 1.165) is 0 Å². The van der Waals surface area contributed by atoms with Gasteiger partial charge in [-0.1, -0.05) is 32.4 Å². The minimum absolute atomic E-state index is 0.489. The molecule has 0 aliphatic heterocycles. The lowest BCUT2D eigenvalue weighted by molar-refractivity contribution is 0.399. The van der Waals surface area contributed by atoms with E-state index in [9.17, 15) is 0 Å². The van der Waals surface area contributed by atoms with E-state index < -0.39 is 0 Å². The van der Waals surface area contributed by atoms with Crippen LogP contribution in [-0.4, -0.2) is 0 Å². The van der Waals surface area contributed by atoms with Gasteiger partial charge in [0, 0.05) is 0 Å². The smallest absolute Gasteiger partial charge is 0.0271 e. The highest BCUT2D eigenvalue weighted by atomic mass is 14.2. The van der Waals surface area contributed by atoms with Gasteiger partial charge in [-0.2, -0.15) is 0 Å². The van der Waals surface area contributed by atoms with Gasteiger partial charge in [-0.25, -0.2) is 0 Å². The summed E-state index contributed by atoms with van der Waals surface area (Å²) in [5.41, 5.74) is 2.19. The SMILES string of the molecule is CC(C)(C)CC1=CCCCC1. The van der Waals surface area contributed by atoms with E-state index in [1.807, 2.05) is 0 Å². The Hall–Kier alpha value is -0.260. The third-order valence-corrected chi connectivity index (χ3v) is 2.14. The number of hydrogen-bond acceptors (Lipinski definition) is 0. The first-order valence-corrected chi connectivity index (χ1v) is 4.76. The normalized spacial score (nSPS) is 19.7. The van der Waals surface area contributed by atoms with Gasteiger partial charge in [0.2, 0.25) is 0 Å². The van der Waals surface area contributed by atoms with Crippen LogP contribution in [0.4, 0.5) is 0 Å². The van der Waals surface area contributed by atoms with Crippen molar-refractivity contribution in [1.29, 1.82) is 0 Å². The molecule has 0 aromatic carbocycles. The summed E-state index contributed by atoms with van der Waals surface area (Å²) in [7, 11) is 0. The molecule has 64 valence electrons. The van der Waals surface area contributed by atoms with Crippen molar-refractivity contribution in [2.75, 3.05) is 0 Å². The van der Waals surface area contributed by atoms with Crippen molar-refractivity contribution in [2.24, 2.45) is 5.41 Å². The molecule has 0 unspecified atom stereocenters. The van der Waals surface area contributed by atoms with Crippen LogP contribution in [0.3, 0.4) is 0 Å². The standard InChI is InChI=1S/C11H20/c1-11(2,3)9-10-7-5-4-6-8-10/h7H,4-6,8-9H2,1-3H3. The fraction of sp³-hybridized carbons (Fsp3) is 0.818. The van der Waals surface area contributed by atoms with E-state index in [2.05, 4.69) is 26.8 Å². The predicted octanol–water partition coefficient (Wildman–Crippen LogP) is 3.92. The topological polar surface area (TPSA) is 0 Å². The van der Waals surface area contributed by atoms with E-state index >= 15 is 0 Å². The quantitative estimate of drug-likeness (QED) is 0.499. The third kappa shape index (κ3) is 3.60. The Morgan fingerprint density at radius 3 is 2.45 bits per heavy atom. The Labute approximate surface area is 70.7 Å². The molecule has 0 aromatic rings. The van der Waals surface area contributed by atoms with E-state index in [0.29, 0.717) is 5.41 Å². The Morgan fingerprint density at radius 1 is 1.27 bits per heavy atom. The van der Waals surface area contributed by atoms with E-state index in [-0.39, 0.29) is 0 Å². The van der Waals surface area contributed by atoms with Gasteiger partial charge in [0.1, 0.15) is 0 Å². The molecule has 1 aliphatic rings. The first kappa shape index (κ1) is 8.83. The monoisotopic (exact) mass is 152 g/mol. The fourth-order valence-corrected chi connectivity index (χ4v) is 1.75. The van der Waals surface area contributed by atoms with E-state index in [1.54, 1.807) is 5.57 Å². The maximum Gasteiger partial charge on any atom is -0.0271 e. The lowest BCUT2D eigenvalue weighted by Gasteiger charge is -2.22. The molecule has 0 radical (unpaired) electrons. The zero-order valence-electron chi connectivity index (χ0n) is 8.11. The molecule has 0 nitrogen and oxygen atoms in total. The van der Waals surface area contributed by atoms with Crippen LogP contribution in [0.1, 0.15) is 52.9 Å². The second-order valence-corrected chi connectivity index (χ2v) is 4.85. The summed E-state index contributed by atoms with van der Waals surface area (Å²) in [6, 6.07) is 0. The van der Waals surface area contributed by atoms with Gasteiger partial charge in [0.25, 0.3) is 0 Å². The molecule has 0 atom stereocenters. The Kier molecular flexibility index (Phi) is 2.75. The summed E-state index contributed by atoms with van der Waals surface area (Å²) in [6.45, 7) is 6.97. The number of hydrogen-bond donors (Lipinski definition) is 0. The lowest BCUT2D eigenvalue weighted by atomic mass is 9.84. The van der Waals surface area contributed by atoms with Crippen molar-refractivity contribution >= 4 is 0 Å². The van der Waals surface area contributed by atoms with Crippen LogP contribution >= 0.6 is 0 Å². The van der Waals surface area contributed by atoms with Gasteiger partial charge < -0.3 is 0 Å². The molecule has 0 heterocycles. The Bertz CT molecular complexity index is 146. The Balaban J connectivity index is 2.42. The van der Waals surface area contributed by atoms with Gasteiger partial charge in [-0.05, 0) is 37.5 Å². The predicted molar refractivity (Wildman–Crippen MR) is 50.6 cm³/mol. The van der Waals surface area contributed by atoms with Crippen molar-refractivity contribution in [3.63, 3.8) is 0 Å². The molecule has 1 rings (SSSR count). The molecule has 0 amide bonds. The molecule has 11 heavy (non-hydrogen) atoms. The lowest BCUT2D eigenvalue weighted by Crippen LogP contribution is -2.07. The van der Waals surface area contributed by atoms with E-state index in [4.69, 9.17) is 0 Å². The molecule has 1 aliphatic carbocycles. The molecular formula is C11H20. The third-order valence-electron chi connectivity index (χ3n) is 2.14. The first-order valence-electron chi connectivity index (χ1n) is 4.76.